The van der Waals surface area contributed by atoms with Crippen LogP contribution in [0.5, 0.6) is 0 Å². The second-order valence-corrected chi connectivity index (χ2v) is 21.5. The van der Waals surface area contributed by atoms with Crippen LogP contribution >= 0.6 is 11.3 Å². The number of fused-ring (bicyclic) bond motifs is 6. The largest absolute Gasteiger partial charge is 0.512 e. The molecule has 0 aliphatic heterocycles. The van der Waals surface area contributed by atoms with E-state index in [1.54, 1.807) is 0 Å². The molecule has 0 saturated carbocycles. The van der Waals surface area contributed by atoms with Gasteiger partial charge in [-0.3, -0.25) is 4.79 Å². The number of aromatic nitrogens is 1. The summed E-state index contributed by atoms with van der Waals surface area (Å²) >= 11 is 1.88. The van der Waals surface area contributed by atoms with E-state index in [0.29, 0.717) is 5.92 Å². The van der Waals surface area contributed by atoms with Crippen molar-refractivity contribution in [1.29, 1.82) is 0 Å². The number of nitrogens with zero attached hydrogens (tertiary/aromatic N) is 1. The Kier molecular flexibility index (Phi) is 14.1. The number of rotatable bonds is 11. The van der Waals surface area contributed by atoms with Crippen molar-refractivity contribution in [3.63, 3.8) is 0 Å². The monoisotopic (exact) mass is 907 g/mol. The van der Waals surface area contributed by atoms with Gasteiger partial charge in [0.05, 0.1) is 13.8 Å². The van der Waals surface area contributed by atoms with Crippen molar-refractivity contribution in [2.24, 2.45) is 17.8 Å². The summed E-state index contributed by atoms with van der Waals surface area (Å²) in [7, 11) is 2.93. The topological polar surface area (TPSA) is 41.2 Å². The summed E-state index contributed by atoms with van der Waals surface area (Å²) < 4.78 is 4.81. The van der Waals surface area contributed by atoms with Crippen LogP contribution in [0.15, 0.2) is 84.6 Å². The molecule has 4 aromatic carbocycles. The first-order valence-corrected chi connectivity index (χ1v) is 23.2. The van der Waals surface area contributed by atoms with Gasteiger partial charge < -0.3 is 9.67 Å². The average Bonchev–Trinajstić information content (AvgIpc) is 3.47. The van der Waals surface area contributed by atoms with Crippen LogP contribution in [0, 0.1) is 30.9 Å². The number of allylic oxidation sites excluding steroid dienone is 2. The summed E-state index contributed by atoms with van der Waals surface area (Å²) in [5.74, 6) is 1.12. The van der Waals surface area contributed by atoms with E-state index in [0.717, 1.165) is 37.8 Å². The van der Waals surface area contributed by atoms with E-state index in [4.69, 9.17) is 0 Å². The summed E-state index contributed by atoms with van der Waals surface area (Å²) in [6.07, 6.45) is 5.92. The molecule has 6 heteroatoms. The van der Waals surface area contributed by atoms with E-state index < -0.39 is 8.07 Å². The third kappa shape index (κ3) is 8.74. The van der Waals surface area contributed by atoms with Crippen molar-refractivity contribution in [3.05, 3.63) is 103 Å². The zero-order chi connectivity index (χ0) is 37.0. The first kappa shape index (κ1) is 41.5. The molecule has 0 fully saturated rings. The van der Waals surface area contributed by atoms with Crippen LogP contribution in [0.1, 0.15) is 72.8 Å². The fraction of sp³-hybridized carbons (Fsp3) is 0.370. The summed E-state index contributed by atoms with van der Waals surface area (Å²) in [4.78, 5) is 11.7. The minimum absolute atomic E-state index is 0. The van der Waals surface area contributed by atoms with Crippen LogP contribution in [0.25, 0.3) is 53.1 Å². The Labute approximate surface area is 330 Å². The Balaban J connectivity index is 0.000000323. The summed E-state index contributed by atoms with van der Waals surface area (Å²) in [5.41, 5.74) is 4.83. The molecule has 2 aromatic heterocycles. The third-order valence-electron chi connectivity index (χ3n) is 10.3. The van der Waals surface area contributed by atoms with Gasteiger partial charge in [0.15, 0.2) is 5.78 Å². The number of hydrogen-bond acceptors (Lipinski definition) is 3. The van der Waals surface area contributed by atoms with Gasteiger partial charge in [-0.25, -0.2) is 0 Å². The van der Waals surface area contributed by atoms with Gasteiger partial charge >= 0.3 is 0 Å². The Morgan fingerprint density at radius 3 is 2.10 bits per heavy atom. The smallest absolute Gasteiger partial charge is 0.162 e. The van der Waals surface area contributed by atoms with Gasteiger partial charge in [0.2, 0.25) is 0 Å². The Morgan fingerprint density at radius 2 is 1.48 bits per heavy atom. The number of benzene rings is 4. The zero-order valence-corrected chi connectivity index (χ0v) is 36.7. The number of aliphatic hydroxyl groups is 1. The van der Waals surface area contributed by atoms with E-state index in [2.05, 4.69) is 124 Å². The molecule has 1 N–H and O–H groups in total. The molecule has 0 amide bonds. The molecule has 0 bridgehead atoms. The second-order valence-electron chi connectivity index (χ2n) is 15.4. The van der Waals surface area contributed by atoms with Crippen LogP contribution in [0.4, 0.5) is 0 Å². The van der Waals surface area contributed by atoms with Crippen LogP contribution in [0.3, 0.4) is 0 Å². The standard InChI is InChI=1S/C33H32NSSi.C13H24O2.Ir/c1-21(2)17-22-18-26-25-13-9-10-14-30(25)35-33(26)27(19-22)29-20-31(36(4,5)6)32-24-12-8-7-11-23(24)15-16-28(32)34(29)3;1-5-10(6-2)12(14)9-13(15)11(7-3)8-4;/h7-16,18,20-21H,3,17H2,1-2,4-6H3;9-11,14H,5-8H2,1-4H3;/q-1;;/b;12-9-;. The second kappa shape index (κ2) is 17.7. The Bertz CT molecular complexity index is 2200. The zero-order valence-electron chi connectivity index (χ0n) is 32.5. The van der Waals surface area contributed by atoms with Crippen LogP contribution in [-0.4, -0.2) is 19.0 Å². The van der Waals surface area contributed by atoms with E-state index in [-0.39, 0.29) is 43.5 Å². The van der Waals surface area contributed by atoms with Gasteiger partial charge in [0.25, 0.3) is 0 Å². The van der Waals surface area contributed by atoms with Gasteiger partial charge in [-0.05, 0) is 82.5 Å². The SMILES string of the molecule is CCC(CC)C(=O)/C=C(\O)C(CC)CC.[CH2-][n+]1c(-c2[c-]c(CC(C)C)cc3c2sc2ccccc23)cc([Si](C)(C)C)c2c3ccccc3ccc21.[Ir]. The molecule has 0 atom stereocenters. The maximum Gasteiger partial charge on any atom is 0.162 e. The van der Waals surface area contributed by atoms with Gasteiger partial charge in [0.1, 0.15) is 11.2 Å². The van der Waals surface area contributed by atoms with E-state index in [9.17, 15) is 9.90 Å². The molecule has 0 aliphatic carbocycles. The van der Waals surface area contributed by atoms with Gasteiger partial charge in [-0.1, -0.05) is 126 Å². The molecule has 52 heavy (non-hydrogen) atoms. The maximum atomic E-state index is 11.7. The summed E-state index contributed by atoms with van der Waals surface area (Å²) in [6.45, 7) is 20.0. The molecule has 0 spiro atoms. The number of pyridine rings is 1. The predicted octanol–water partition coefficient (Wildman–Crippen LogP) is 12.4. The Morgan fingerprint density at radius 1 is 0.865 bits per heavy atom. The van der Waals surface area contributed by atoms with Crippen molar-refractivity contribution < 1.29 is 34.6 Å². The molecular formula is C46H56IrNO2SSi-. The van der Waals surface area contributed by atoms with Crippen molar-refractivity contribution in [2.45, 2.75) is 93.3 Å². The van der Waals surface area contributed by atoms with E-state index in [1.165, 1.54) is 64.2 Å². The van der Waals surface area contributed by atoms with E-state index >= 15 is 0 Å². The molecular weight excluding hydrogens is 851 g/mol. The predicted molar refractivity (Wildman–Crippen MR) is 225 cm³/mol. The molecule has 0 aliphatic rings. The molecule has 0 saturated heterocycles. The molecule has 6 aromatic rings. The number of carbonyl (C=O) groups excluding carboxylic acids is 1. The van der Waals surface area contributed by atoms with Crippen molar-refractivity contribution >= 4 is 72.2 Å². The maximum absolute atomic E-state index is 11.7. The van der Waals surface area contributed by atoms with Crippen molar-refractivity contribution in [2.75, 3.05) is 0 Å². The number of carbonyl (C=O) groups is 1. The van der Waals surface area contributed by atoms with Crippen LogP contribution in [0.2, 0.25) is 19.6 Å². The summed E-state index contributed by atoms with van der Waals surface area (Å²) in [6, 6.07) is 30.8. The summed E-state index contributed by atoms with van der Waals surface area (Å²) in [5, 5.41) is 17.9. The van der Waals surface area contributed by atoms with Gasteiger partial charge in [-0.2, -0.15) is 11.3 Å². The van der Waals surface area contributed by atoms with Crippen molar-refractivity contribution in [1.82, 2.24) is 0 Å². The quantitative estimate of drug-likeness (QED) is 0.0351. The van der Waals surface area contributed by atoms with Crippen LogP contribution < -0.4 is 9.75 Å². The molecule has 0 unspecified atom stereocenters. The fourth-order valence-electron chi connectivity index (χ4n) is 7.31. The van der Waals surface area contributed by atoms with E-state index in [1.807, 2.05) is 39.0 Å². The third-order valence-corrected chi connectivity index (χ3v) is 13.5. The molecule has 3 nitrogen and oxygen atoms in total. The number of hydrogen-bond donors (Lipinski definition) is 1. The molecule has 2 heterocycles. The number of thiophene rings is 1. The number of aliphatic hydroxyl groups excluding tert-OH is 1. The molecule has 1 radical (unpaired) electrons. The van der Waals surface area contributed by atoms with Gasteiger partial charge in [-0.15, -0.1) is 17.7 Å². The Hall–Kier alpha value is -3.28. The first-order valence-electron chi connectivity index (χ1n) is 18.9. The molecule has 6 rings (SSSR count). The minimum Gasteiger partial charge on any atom is -0.512 e. The van der Waals surface area contributed by atoms with Crippen LogP contribution in [-0.2, 0) is 31.3 Å². The number of ketones is 1. The fourth-order valence-corrected chi connectivity index (χ4v) is 10.1. The first-order chi connectivity index (χ1) is 24.3. The molecule has 277 valence electrons. The van der Waals surface area contributed by atoms with Crippen molar-refractivity contribution in [3.8, 4) is 11.3 Å². The van der Waals surface area contributed by atoms with Gasteiger partial charge in [0, 0.05) is 49.8 Å². The minimum atomic E-state index is -1.69. The normalized spacial score (nSPS) is 12.3. The average molecular weight is 907 g/mol.